The Morgan fingerprint density at radius 1 is 1.00 bits per heavy atom. The first-order valence-electron chi connectivity index (χ1n) is 10.8. The number of piperazine rings is 1. The van der Waals surface area contributed by atoms with Crippen LogP contribution in [0.4, 0.5) is 11.5 Å². The Hall–Kier alpha value is -2.64. The van der Waals surface area contributed by atoms with Gasteiger partial charge in [0.05, 0.1) is 18.8 Å². The molecule has 2 aromatic rings. The first kappa shape index (κ1) is 20.6. The molecule has 4 rings (SSSR count). The minimum Gasteiger partial charge on any atom is -0.378 e. The number of carbonyl (C=O) groups is 1. The Morgan fingerprint density at radius 3 is 2.47 bits per heavy atom. The fourth-order valence-electron chi connectivity index (χ4n) is 4.13. The number of rotatable bonds is 6. The number of hydrogen-bond acceptors (Lipinski definition) is 6. The third-order valence-corrected chi connectivity index (χ3v) is 5.96. The molecule has 0 aliphatic carbocycles. The summed E-state index contributed by atoms with van der Waals surface area (Å²) in [6, 6.07) is 14.5. The van der Waals surface area contributed by atoms with Gasteiger partial charge >= 0.3 is 0 Å². The molecule has 0 radical (unpaired) electrons. The highest BCUT2D eigenvalue weighted by molar-refractivity contribution is 5.98. The molecule has 0 bridgehead atoms. The van der Waals surface area contributed by atoms with Crippen LogP contribution in [0.25, 0.3) is 0 Å². The van der Waals surface area contributed by atoms with Gasteiger partial charge in [0, 0.05) is 63.7 Å². The van der Waals surface area contributed by atoms with Crippen molar-refractivity contribution < 1.29 is 9.53 Å². The van der Waals surface area contributed by atoms with E-state index in [9.17, 15) is 4.79 Å². The first-order chi connectivity index (χ1) is 14.7. The van der Waals surface area contributed by atoms with Crippen LogP contribution in [-0.4, -0.2) is 80.9 Å². The second-order valence-corrected chi connectivity index (χ2v) is 7.89. The molecule has 0 spiro atoms. The Morgan fingerprint density at radius 2 is 1.73 bits per heavy atom. The Labute approximate surface area is 178 Å². The number of carbonyl (C=O) groups excluding carboxylic acids is 1. The van der Waals surface area contributed by atoms with Gasteiger partial charge in [0.25, 0.3) is 5.91 Å². The topological polar surface area (TPSA) is 60.9 Å². The minimum absolute atomic E-state index is 0.0561. The van der Waals surface area contributed by atoms with Crippen LogP contribution in [0.5, 0.6) is 0 Å². The Kier molecular flexibility index (Phi) is 6.81. The zero-order valence-corrected chi connectivity index (χ0v) is 17.7. The molecular formula is C23H31N5O2. The predicted octanol–water partition coefficient (Wildman–Crippen LogP) is 1.86. The average Bonchev–Trinajstić information content (AvgIpc) is 2.83. The highest BCUT2D eigenvalue weighted by Crippen LogP contribution is 2.19. The molecule has 2 fully saturated rings. The van der Waals surface area contributed by atoms with E-state index in [1.54, 1.807) is 6.20 Å². The molecule has 1 N–H and O–H groups in total. The molecule has 3 heterocycles. The van der Waals surface area contributed by atoms with Gasteiger partial charge in [-0.15, -0.1) is 0 Å². The van der Waals surface area contributed by atoms with E-state index in [0.717, 1.165) is 45.1 Å². The van der Waals surface area contributed by atoms with Crippen LogP contribution in [0.1, 0.15) is 17.3 Å². The maximum absolute atomic E-state index is 12.9. The minimum atomic E-state index is -0.0561. The number of nitrogens with one attached hydrogen (secondary N) is 1. The van der Waals surface area contributed by atoms with Gasteiger partial charge in [0.15, 0.2) is 0 Å². The fraction of sp³-hybridized carbons (Fsp3) is 0.478. The molecule has 0 saturated carbocycles. The number of nitrogens with zero attached hydrogens (tertiary/aromatic N) is 4. The zero-order valence-electron chi connectivity index (χ0n) is 17.7. The van der Waals surface area contributed by atoms with Crippen molar-refractivity contribution in [3.8, 4) is 0 Å². The van der Waals surface area contributed by atoms with Gasteiger partial charge in [-0.3, -0.25) is 9.69 Å². The van der Waals surface area contributed by atoms with Crippen LogP contribution < -0.4 is 15.1 Å². The summed E-state index contributed by atoms with van der Waals surface area (Å²) < 4.78 is 5.42. The Balaban J connectivity index is 1.29. The van der Waals surface area contributed by atoms with Crippen LogP contribution in [0.3, 0.4) is 0 Å². The summed E-state index contributed by atoms with van der Waals surface area (Å²) in [5.41, 5.74) is 1.92. The number of para-hydroxylation sites is 1. The standard InChI is InChI=1S/C23H31N5O2/c1-19(26-10-12-27(13-11-26)20-6-3-2-4-7-20)18-25-23(29)21-8-5-9-24-22(21)28-14-16-30-17-15-28/h2-9,19H,10-18H2,1H3,(H,25,29). The van der Waals surface area contributed by atoms with Gasteiger partial charge in [0.1, 0.15) is 5.82 Å². The van der Waals surface area contributed by atoms with E-state index in [0.29, 0.717) is 25.3 Å². The van der Waals surface area contributed by atoms with E-state index in [-0.39, 0.29) is 11.9 Å². The van der Waals surface area contributed by atoms with Gasteiger partial charge in [-0.2, -0.15) is 0 Å². The van der Waals surface area contributed by atoms with Gasteiger partial charge in [-0.1, -0.05) is 18.2 Å². The largest absolute Gasteiger partial charge is 0.378 e. The summed E-state index contributed by atoms with van der Waals surface area (Å²) in [6.07, 6.45) is 1.75. The highest BCUT2D eigenvalue weighted by atomic mass is 16.5. The van der Waals surface area contributed by atoms with Crippen molar-refractivity contribution in [3.63, 3.8) is 0 Å². The molecule has 160 valence electrons. The predicted molar refractivity (Wildman–Crippen MR) is 119 cm³/mol. The number of ether oxygens (including phenoxy) is 1. The monoisotopic (exact) mass is 409 g/mol. The third-order valence-electron chi connectivity index (χ3n) is 5.96. The van der Waals surface area contributed by atoms with Crippen molar-refractivity contribution in [1.82, 2.24) is 15.2 Å². The molecule has 30 heavy (non-hydrogen) atoms. The van der Waals surface area contributed by atoms with Gasteiger partial charge in [-0.05, 0) is 31.2 Å². The van der Waals surface area contributed by atoms with E-state index in [1.807, 2.05) is 12.1 Å². The molecule has 1 aromatic heterocycles. The number of aromatic nitrogens is 1. The van der Waals surface area contributed by atoms with E-state index in [4.69, 9.17) is 4.74 Å². The van der Waals surface area contributed by atoms with Gasteiger partial charge < -0.3 is 19.9 Å². The molecular weight excluding hydrogens is 378 g/mol. The summed E-state index contributed by atoms with van der Waals surface area (Å²) in [4.78, 5) is 24.4. The lowest BCUT2D eigenvalue weighted by molar-refractivity contribution is 0.0932. The molecule has 7 heteroatoms. The fourth-order valence-corrected chi connectivity index (χ4v) is 4.13. The molecule has 1 aromatic carbocycles. The van der Waals surface area contributed by atoms with Crippen LogP contribution in [0, 0.1) is 0 Å². The lowest BCUT2D eigenvalue weighted by atomic mass is 10.2. The summed E-state index contributed by atoms with van der Waals surface area (Å²) >= 11 is 0. The SMILES string of the molecule is CC(CNC(=O)c1cccnc1N1CCOCC1)N1CCN(c2ccccc2)CC1. The van der Waals surface area contributed by atoms with E-state index in [2.05, 4.69) is 62.3 Å². The number of benzene rings is 1. The third kappa shape index (κ3) is 4.91. The van der Waals surface area contributed by atoms with E-state index in [1.165, 1.54) is 5.69 Å². The highest BCUT2D eigenvalue weighted by Gasteiger charge is 2.23. The van der Waals surface area contributed by atoms with Crippen molar-refractivity contribution >= 4 is 17.4 Å². The van der Waals surface area contributed by atoms with E-state index < -0.39 is 0 Å². The van der Waals surface area contributed by atoms with E-state index >= 15 is 0 Å². The van der Waals surface area contributed by atoms with Crippen molar-refractivity contribution in [2.75, 3.05) is 68.8 Å². The van der Waals surface area contributed by atoms with Gasteiger partial charge in [-0.25, -0.2) is 4.98 Å². The number of morpholine rings is 1. The number of hydrogen-bond donors (Lipinski definition) is 1. The second-order valence-electron chi connectivity index (χ2n) is 7.89. The quantitative estimate of drug-likeness (QED) is 0.786. The molecule has 1 unspecified atom stereocenters. The molecule has 1 amide bonds. The lowest BCUT2D eigenvalue weighted by Crippen LogP contribution is -2.52. The molecule has 7 nitrogen and oxygen atoms in total. The summed E-state index contributed by atoms with van der Waals surface area (Å²) in [5, 5.41) is 3.13. The van der Waals surface area contributed by atoms with Crippen molar-refractivity contribution in [3.05, 3.63) is 54.2 Å². The van der Waals surface area contributed by atoms with Crippen LogP contribution >= 0.6 is 0 Å². The number of amides is 1. The molecule has 2 aliphatic heterocycles. The van der Waals surface area contributed by atoms with Crippen LogP contribution in [0.15, 0.2) is 48.7 Å². The number of anilines is 2. The first-order valence-corrected chi connectivity index (χ1v) is 10.8. The maximum Gasteiger partial charge on any atom is 0.255 e. The maximum atomic E-state index is 12.9. The van der Waals surface area contributed by atoms with Crippen LogP contribution in [-0.2, 0) is 4.74 Å². The van der Waals surface area contributed by atoms with Crippen molar-refractivity contribution in [2.45, 2.75) is 13.0 Å². The average molecular weight is 410 g/mol. The van der Waals surface area contributed by atoms with Crippen molar-refractivity contribution in [1.29, 1.82) is 0 Å². The summed E-state index contributed by atoms with van der Waals surface area (Å²) in [7, 11) is 0. The summed E-state index contributed by atoms with van der Waals surface area (Å²) in [5.74, 6) is 0.696. The smallest absolute Gasteiger partial charge is 0.255 e. The number of pyridine rings is 1. The molecule has 2 aliphatic rings. The summed E-state index contributed by atoms with van der Waals surface area (Å²) in [6.45, 7) is 9.69. The normalized spacial score (nSPS) is 18.8. The zero-order chi connectivity index (χ0) is 20.8. The lowest BCUT2D eigenvalue weighted by Gasteiger charge is -2.39. The van der Waals surface area contributed by atoms with Crippen LogP contribution in [0.2, 0.25) is 0 Å². The van der Waals surface area contributed by atoms with Gasteiger partial charge in [0.2, 0.25) is 0 Å². The molecule has 1 atom stereocenters. The van der Waals surface area contributed by atoms with Crippen molar-refractivity contribution in [2.24, 2.45) is 0 Å². The Bertz CT molecular complexity index is 817. The second kappa shape index (κ2) is 9.91. The molecule has 2 saturated heterocycles.